The number of oxime groups is 1. The average Bonchev–Trinajstić information content (AvgIpc) is 2.85. The Morgan fingerprint density at radius 3 is 2.82 bits per heavy atom. The summed E-state index contributed by atoms with van der Waals surface area (Å²) in [5, 5.41) is 12.9. The highest BCUT2D eigenvalue weighted by atomic mass is 16.6. The number of hydrogen-bond donors (Lipinski definition) is 0. The maximum atomic E-state index is 8.73. The van der Waals surface area contributed by atoms with Gasteiger partial charge >= 0.3 is 0 Å². The normalized spacial score (nSPS) is 18.4. The zero-order valence-corrected chi connectivity index (χ0v) is 10.0. The quantitative estimate of drug-likeness (QED) is 0.794. The SMILES string of the molecule is CCCCC1CC(c2ccc(C#N)cc2)=NO1. The summed E-state index contributed by atoms with van der Waals surface area (Å²) in [5.74, 6) is 0. The monoisotopic (exact) mass is 228 g/mol. The number of benzene rings is 1. The lowest BCUT2D eigenvalue weighted by Crippen LogP contribution is -2.08. The van der Waals surface area contributed by atoms with E-state index in [-0.39, 0.29) is 6.10 Å². The Bertz CT molecular complexity index is 442. The fraction of sp³-hybridized carbons (Fsp3) is 0.429. The molecule has 1 aliphatic heterocycles. The van der Waals surface area contributed by atoms with Gasteiger partial charge in [-0.3, -0.25) is 0 Å². The van der Waals surface area contributed by atoms with Gasteiger partial charge in [0.2, 0.25) is 0 Å². The van der Waals surface area contributed by atoms with Crippen LogP contribution in [-0.4, -0.2) is 11.8 Å². The van der Waals surface area contributed by atoms with Crippen molar-refractivity contribution in [1.29, 1.82) is 5.26 Å². The topological polar surface area (TPSA) is 45.4 Å². The highest BCUT2D eigenvalue weighted by Crippen LogP contribution is 2.20. The van der Waals surface area contributed by atoms with Crippen molar-refractivity contribution >= 4 is 5.71 Å². The van der Waals surface area contributed by atoms with Crippen LogP contribution in [0.15, 0.2) is 29.4 Å². The fourth-order valence-corrected chi connectivity index (χ4v) is 1.92. The van der Waals surface area contributed by atoms with E-state index in [0.717, 1.165) is 24.1 Å². The first kappa shape index (κ1) is 11.7. The van der Waals surface area contributed by atoms with E-state index < -0.39 is 0 Å². The van der Waals surface area contributed by atoms with Crippen LogP contribution in [0, 0.1) is 11.3 Å². The van der Waals surface area contributed by atoms with Crippen molar-refractivity contribution in [2.24, 2.45) is 5.16 Å². The second kappa shape index (κ2) is 5.49. The number of unbranched alkanes of at least 4 members (excludes halogenated alkanes) is 1. The second-order valence-corrected chi connectivity index (χ2v) is 4.30. The van der Waals surface area contributed by atoms with Crippen LogP contribution in [-0.2, 0) is 4.84 Å². The van der Waals surface area contributed by atoms with Gasteiger partial charge in [0.05, 0.1) is 17.3 Å². The summed E-state index contributed by atoms with van der Waals surface area (Å²) in [5.41, 5.74) is 2.73. The van der Waals surface area contributed by atoms with E-state index in [1.54, 1.807) is 0 Å². The number of nitrogens with zero attached hydrogens (tertiary/aromatic N) is 2. The molecular formula is C14H16N2O. The fourth-order valence-electron chi connectivity index (χ4n) is 1.92. The van der Waals surface area contributed by atoms with E-state index in [1.807, 2.05) is 24.3 Å². The van der Waals surface area contributed by atoms with Gasteiger partial charge in [-0.25, -0.2) is 0 Å². The average molecular weight is 228 g/mol. The van der Waals surface area contributed by atoms with Gasteiger partial charge < -0.3 is 4.84 Å². The van der Waals surface area contributed by atoms with Crippen molar-refractivity contribution in [3.8, 4) is 6.07 Å². The summed E-state index contributed by atoms with van der Waals surface area (Å²) < 4.78 is 0. The highest BCUT2D eigenvalue weighted by molar-refractivity contribution is 6.01. The molecule has 1 unspecified atom stereocenters. The van der Waals surface area contributed by atoms with Crippen LogP contribution in [0.2, 0.25) is 0 Å². The Labute approximate surface area is 102 Å². The molecule has 17 heavy (non-hydrogen) atoms. The molecule has 0 aromatic heterocycles. The molecule has 1 atom stereocenters. The maximum absolute atomic E-state index is 8.73. The molecule has 0 fully saturated rings. The minimum atomic E-state index is 0.237. The van der Waals surface area contributed by atoms with E-state index in [9.17, 15) is 0 Å². The lowest BCUT2D eigenvalue weighted by atomic mass is 10.0. The van der Waals surface area contributed by atoms with E-state index in [4.69, 9.17) is 10.1 Å². The lowest BCUT2D eigenvalue weighted by Gasteiger charge is -2.05. The van der Waals surface area contributed by atoms with E-state index in [2.05, 4.69) is 18.1 Å². The summed E-state index contributed by atoms with van der Waals surface area (Å²) in [6.45, 7) is 2.18. The third-order valence-electron chi connectivity index (χ3n) is 2.96. The Morgan fingerprint density at radius 2 is 2.18 bits per heavy atom. The first-order chi connectivity index (χ1) is 8.33. The molecule has 0 saturated carbocycles. The smallest absolute Gasteiger partial charge is 0.133 e. The molecule has 3 heteroatoms. The zero-order chi connectivity index (χ0) is 12.1. The molecular weight excluding hydrogens is 212 g/mol. The van der Waals surface area contributed by atoms with Gasteiger partial charge in [-0.1, -0.05) is 30.6 Å². The van der Waals surface area contributed by atoms with Crippen molar-refractivity contribution in [2.45, 2.75) is 38.7 Å². The molecule has 0 radical (unpaired) electrons. The predicted molar refractivity (Wildman–Crippen MR) is 66.7 cm³/mol. The molecule has 1 aromatic carbocycles. The van der Waals surface area contributed by atoms with Crippen molar-refractivity contribution in [1.82, 2.24) is 0 Å². The van der Waals surface area contributed by atoms with Gasteiger partial charge in [-0.05, 0) is 30.5 Å². The predicted octanol–water partition coefficient (Wildman–Crippen LogP) is 3.24. The van der Waals surface area contributed by atoms with E-state index in [1.165, 1.54) is 12.8 Å². The molecule has 2 rings (SSSR count). The summed E-state index contributed by atoms with van der Waals surface area (Å²) in [6, 6.07) is 9.61. The van der Waals surface area contributed by atoms with Crippen LogP contribution in [0.1, 0.15) is 43.7 Å². The van der Waals surface area contributed by atoms with Crippen LogP contribution in [0.5, 0.6) is 0 Å². The van der Waals surface area contributed by atoms with Crippen molar-refractivity contribution in [3.63, 3.8) is 0 Å². The molecule has 0 aliphatic carbocycles. The largest absolute Gasteiger partial charge is 0.392 e. The van der Waals surface area contributed by atoms with E-state index in [0.29, 0.717) is 5.56 Å². The van der Waals surface area contributed by atoms with Crippen molar-refractivity contribution in [2.75, 3.05) is 0 Å². The van der Waals surface area contributed by atoms with Gasteiger partial charge in [-0.2, -0.15) is 5.26 Å². The molecule has 0 spiro atoms. The molecule has 1 aromatic rings. The second-order valence-electron chi connectivity index (χ2n) is 4.30. The van der Waals surface area contributed by atoms with Crippen LogP contribution in [0.4, 0.5) is 0 Å². The van der Waals surface area contributed by atoms with Crippen LogP contribution in [0.3, 0.4) is 0 Å². The maximum Gasteiger partial charge on any atom is 0.133 e. The molecule has 0 bridgehead atoms. The molecule has 3 nitrogen and oxygen atoms in total. The summed E-state index contributed by atoms with van der Waals surface area (Å²) in [7, 11) is 0. The molecule has 88 valence electrons. The van der Waals surface area contributed by atoms with Gasteiger partial charge in [0.25, 0.3) is 0 Å². The Balaban J connectivity index is 1.97. The Morgan fingerprint density at radius 1 is 1.41 bits per heavy atom. The number of hydrogen-bond acceptors (Lipinski definition) is 3. The Kier molecular flexibility index (Phi) is 3.77. The first-order valence-corrected chi connectivity index (χ1v) is 6.06. The minimum absolute atomic E-state index is 0.237. The van der Waals surface area contributed by atoms with E-state index >= 15 is 0 Å². The summed E-state index contributed by atoms with van der Waals surface area (Å²) >= 11 is 0. The zero-order valence-electron chi connectivity index (χ0n) is 10.0. The van der Waals surface area contributed by atoms with Gasteiger partial charge in [0.1, 0.15) is 6.10 Å². The van der Waals surface area contributed by atoms with Crippen molar-refractivity contribution in [3.05, 3.63) is 35.4 Å². The molecule has 1 aliphatic rings. The van der Waals surface area contributed by atoms with Gasteiger partial charge in [0.15, 0.2) is 0 Å². The number of nitriles is 1. The third kappa shape index (κ3) is 2.85. The summed E-state index contributed by atoms with van der Waals surface area (Å²) in [6.07, 6.45) is 4.55. The van der Waals surface area contributed by atoms with Gasteiger partial charge in [-0.15, -0.1) is 0 Å². The lowest BCUT2D eigenvalue weighted by molar-refractivity contribution is 0.0774. The Hall–Kier alpha value is -1.82. The number of rotatable bonds is 4. The highest BCUT2D eigenvalue weighted by Gasteiger charge is 2.21. The van der Waals surface area contributed by atoms with Crippen LogP contribution >= 0.6 is 0 Å². The molecule has 0 N–H and O–H groups in total. The molecule has 0 amide bonds. The first-order valence-electron chi connectivity index (χ1n) is 6.06. The van der Waals surface area contributed by atoms with Crippen LogP contribution in [0.25, 0.3) is 0 Å². The third-order valence-corrected chi connectivity index (χ3v) is 2.96. The minimum Gasteiger partial charge on any atom is -0.392 e. The van der Waals surface area contributed by atoms with Crippen molar-refractivity contribution < 1.29 is 4.84 Å². The van der Waals surface area contributed by atoms with Crippen LogP contribution < -0.4 is 0 Å². The summed E-state index contributed by atoms with van der Waals surface area (Å²) in [4.78, 5) is 5.40. The standard InChI is InChI=1S/C14H16N2O/c1-2-3-4-13-9-14(16-17-13)12-7-5-11(10-15)6-8-12/h5-8,13H,2-4,9H2,1H3. The molecule has 1 heterocycles. The van der Waals surface area contributed by atoms with Gasteiger partial charge in [0, 0.05) is 6.42 Å². The molecule has 0 saturated heterocycles.